The summed E-state index contributed by atoms with van der Waals surface area (Å²) in [4.78, 5) is 24.5. The van der Waals surface area contributed by atoms with Crippen LogP contribution in [-0.4, -0.2) is 33.0 Å². The molecular weight excluding hydrogens is 366 g/mol. The van der Waals surface area contributed by atoms with E-state index in [1.54, 1.807) is 24.3 Å². The fraction of sp³-hybridized carbons (Fsp3) is 0.300. The smallest absolute Gasteiger partial charge is 0.340 e. The lowest BCUT2D eigenvalue weighted by molar-refractivity contribution is 0.0476. The zero-order valence-electron chi connectivity index (χ0n) is 15.8. The van der Waals surface area contributed by atoms with Crippen LogP contribution in [0.15, 0.2) is 48.5 Å². The number of ether oxygens (including phenoxy) is 1. The molecule has 0 fully saturated rings. The van der Waals surface area contributed by atoms with Gasteiger partial charge in [0.05, 0.1) is 17.5 Å². The summed E-state index contributed by atoms with van der Waals surface area (Å²) in [5, 5.41) is 0. The van der Waals surface area contributed by atoms with Gasteiger partial charge >= 0.3 is 5.97 Å². The topological polar surface area (TPSA) is 89.5 Å². The minimum atomic E-state index is -3.55. The van der Waals surface area contributed by atoms with E-state index in [0.29, 0.717) is 5.56 Å². The Hall–Kier alpha value is -2.67. The molecule has 0 saturated heterocycles. The highest BCUT2D eigenvalue weighted by molar-refractivity contribution is 7.92. The molecule has 0 unspecified atom stereocenters. The number of benzene rings is 2. The highest BCUT2D eigenvalue weighted by Gasteiger charge is 2.18. The Labute approximate surface area is 159 Å². The Kier molecular flexibility index (Phi) is 6.05. The van der Waals surface area contributed by atoms with Crippen molar-refractivity contribution < 1.29 is 22.7 Å². The van der Waals surface area contributed by atoms with E-state index in [9.17, 15) is 18.0 Å². The van der Waals surface area contributed by atoms with E-state index < -0.39 is 22.6 Å². The van der Waals surface area contributed by atoms with Gasteiger partial charge in [-0.3, -0.25) is 9.52 Å². The molecule has 1 N–H and O–H groups in total. The summed E-state index contributed by atoms with van der Waals surface area (Å²) in [7, 11) is -3.55. The second-order valence-electron chi connectivity index (χ2n) is 7.25. The van der Waals surface area contributed by atoms with Crippen molar-refractivity contribution in [1.29, 1.82) is 0 Å². The average molecular weight is 389 g/mol. The van der Waals surface area contributed by atoms with Gasteiger partial charge in [-0.15, -0.1) is 0 Å². The summed E-state index contributed by atoms with van der Waals surface area (Å²) in [6.07, 6.45) is 0.986. The number of esters is 1. The maximum atomic E-state index is 12.3. The average Bonchev–Trinajstić information content (AvgIpc) is 2.58. The van der Waals surface area contributed by atoms with Crippen molar-refractivity contribution in [2.24, 2.45) is 0 Å². The maximum absolute atomic E-state index is 12.3. The molecule has 0 atom stereocenters. The molecule has 0 radical (unpaired) electrons. The maximum Gasteiger partial charge on any atom is 0.340 e. The van der Waals surface area contributed by atoms with E-state index in [1.807, 2.05) is 12.1 Å². The second kappa shape index (κ2) is 7.92. The molecule has 0 saturated carbocycles. The largest absolute Gasteiger partial charge is 0.454 e. The van der Waals surface area contributed by atoms with Gasteiger partial charge in [0.1, 0.15) is 0 Å². The summed E-state index contributed by atoms with van der Waals surface area (Å²) in [6, 6.07) is 13.2. The number of sulfonamides is 1. The summed E-state index contributed by atoms with van der Waals surface area (Å²) in [5.41, 5.74) is 1.66. The fourth-order valence-electron chi connectivity index (χ4n) is 2.40. The van der Waals surface area contributed by atoms with E-state index in [4.69, 9.17) is 4.74 Å². The third-order valence-electron chi connectivity index (χ3n) is 3.85. The van der Waals surface area contributed by atoms with Crippen molar-refractivity contribution in [3.8, 4) is 0 Å². The number of ketones is 1. The van der Waals surface area contributed by atoms with Crippen molar-refractivity contribution in [2.75, 3.05) is 17.6 Å². The van der Waals surface area contributed by atoms with Gasteiger partial charge in [0, 0.05) is 5.56 Å². The van der Waals surface area contributed by atoms with Gasteiger partial charge < -0.3 is 4.74 Å². The zero-order valence-corrected chi connectivity index (χ0v) is 16.6. The van der Waals surface area contributed by atoms with E-state index in [1.165, 1.54) is 12.1 Å². The second-order valence-corrected chi connectivity index (χ2v) is 8.99. The van der Waals surface area contributed by atoms with Crippen LogP contribution >= 0.6 is 0 Å². The van der Waals surface area contributed by atoms with E-state index in [-0.39, 0.29) is 22.4 Å². The normalized spacial score (nSPS) is 11.7. The van der Waals surface area contributed by atoms with Gasteiger partial charge in [-0.1, -0.05) is 57.2 Å². The summed E-state index contributed by atoms with van der Waals surface area (Å²) in [6.45, 7) is 5.80. The molecule has 0 aromatic heterocycles. The van der Waals surface area contributed by atoms with Crippen LogP contribution in [0.2, 0.25) is 0 Å². The Morgan fingerprint density at radius 3 is 2.15 bits per heavy atom. The van der Waals surface area contributed by atoms with Crippen LogP contribution in [0, 0.1) is 0 Å². The third-order valence-corrected chi connectivity index (χ3v) is 4.44. The van der Waals surface area contributed by atoms with Crippen molar-refractivity contribution in [3.63, 3.8) is 0 Å². The van der Waals surface area contributed by atoms with Crippen LogP contribution in [0.5, 0.6) is 0 Å². The van der Waals surface area contributed by atoms with Crippen LogP contribution in [0.25, 0.3) is 0 Å². The molecule has 7 heteroatoms. The molecule has 0 aliphatic carbocycles. The van der Waals surface area contributed by atoms with Gasteiger partial charge in [-0.25, -0.2) is 13.2 Å². The first-order valence-corrected chi connectivity index (χ1v) is 10.2. The lowest BCUT2D eigenvalue weighted by atomic mass is 9.86. The summed E-state index contributed by atoms with van der Waals surface area (Å²) in [5.74, 6) is -1.11. The minimum absolute atomic E-state index is 0.0234. The molecule has 2 aromatic rings. The van der Waals surface area contributed by atoms with E-state index >= 15 is 0 Å². The van der Waals surface area contributed by atoms with Gasteiger partial charge in [0.25, 0.3) is 0 Å². The quantitative estimate of drug-likeness (QED) is 0.604. The molecule has 0 heterocycles. The van der Waals surface area contributed by atoms with Crippen LogP contribution in [0.4, 0.5) is 5.69 Å². The number of anilines is 1. The fourth-order valence-corrected chi connectivity index (χ4v) is 2.98. The Bertz CT molecular complexity index is 941. The number of Topliss-reactive ketones (excluding diaryl/α,β-unsaturated/α-hetero) is 1. The molecule has 2 rings (SSSR count). The first kappa shape index (κ1) is 20.6. The van der Waals surface area contributed by atoms with E-state index in [0.717, 1.165) is 11.8 Å². The monoisotopic (exact) mass is 389 g/mol. The Balaban J connectivity index is 2.07. The van der Waals surface area contributed by atoms with Crippen molar-refractivity contribution in [3.05, 3.63) is 65.2 Å². The summed E-state index contributed by atoms with van der Waals surface area (Å²) < 4.78 is 30.1. The molecule has 0 bridgehead atoms. The van der Waals surface area contributed by atoms with Crippen LogP contribution in [-0.2, 0) is 20.2 Å². The number of rotatable bonds is 6. The van der Waals surface area contributed by atoms with Crippen LogP contribution in [0.3, 0.4) is 0 Å². The molecule has 144 valence electrons. The van der Waals surface area contributed by atoms with Crippen molar-refractivity contribution in [2.45, 2.75) is 26.2 Å². The molecule has 0 aliphatic rings. The molecular formula is C20H23NO5S. The number of para-hydroxylation sites is 1. The predicted molar refractivity (Wildman–Crippen MR) is 105 cm³/mol. The summed E-state index contributed by atoms with van der Waals surface area (Å²) >= 11 is 0. The minimum Gasteiger partial charge on any atom is -0.454 e. The van der Waals surface area contributed by atoms with Crippen LogP contribution in [0.1, 0.15) is 47.1 Å². The van der Waals surface area contributed by atoms with Gasteiger partial charge in [0.2, 0.25) is 10.0 Å². The van der Waals surface area contributed by atoms with Crippen molar-refractivity contribution in [1.82, 2.24) is 0 Å². The molecule has 27 heavy (non-hydrogen) atoms. The first-order chi connectivity index (χ1) is 12.5. The lowest BCUT2D eigenvalue weighted by Crippen LogP contribution is -2.18. The number of nitrogens with one attached hydrogen (secondary N) is 1. The van der Waals surface area contributed by atoms with Gasteiger partial charge in [-0.2, -0.15) is 0 Å². The van der Waals surface area contributed by atoms with E-state index in [2.05, 4.69) is 25.5 Å². The molecule has 0 aliphatic heterocycles. The number of hydrogen-bond donors (Lipinski definition) is 1. The lowest BCUT2D eigenvalue weighted by Gasteiger charge is -2.19. The first-order valence-electron chi connectivity index (χ1n) is 8.35. The highest BCUT2D eigenvalue weighted by Crippen LogP contribution is 2.22. The van der Waals surface area contributed by atoms with Gasteiger partial charge in [-0.05, 0) is 23.1 Å². The third kappa shape index (κ3) is 5.92. The number of hydrogen-bond acceptors (Lipinski definition) is 5. The van der Waals surface area contributed by atoms with Crippen molar-refractivity contribution >= 4 is 27.5 Å². The molecule has 0 amide bonds. The number of carbonyl (C=O) groups is 2. The molecule has 0 spiro atoms. The molecule has 6 nitrogen and oxygen atoms in total. The zero-order chi connectivity index (χ0) is 20.2. The molecule has 2 aromatic carbocycles. The highest BCUT2D eigenvalue weighted by atomic mass is 32.2. The predicted octanol–water partition coefficient (Wildman–Crippen LogP) is 3.40. The Morgan fingerprint density at radius 1 is 1.00 bits per heavy atom. The standard InChI is InChI=1S/C20H23NO5S/c1-20(2,3)15-11-9-14(10-12-15)18(22)13-26-19(23)16-7-5-6-8-17(16)21-27(4,24)25/h5-12,21H,13H2,1-4H3. The Morgan fingerprint density at radius 2 is 1.59 bits per heavy atom. The number of carbonyl (C=O) groups excluding carboxylic acids is 2. The SMILES string of the molecule is CC(C)(C)c1ccc(C(=O)COC(=O)c2ccccc2NS(C)(=O)=O)cc1. The van der Waals surface area contributed by atoms with Crippen LogP contribution < -0.4 is 4.72 Å². The van der Waals surface area contributed by atoms with Gasteiger partial charge in [0.15, 0.2) is 12.4 Å².